The molecule has 1 atom stereocenters. The normalized spacial score (nSPS) is 29.9. The van der Waals surface area contributed by atoms with Gasteiger partial charge in [-0.3, -0.25) is 5.41 Å². The summed E-state index contributed by atoms with van der Waals surface area (Å²) in [6.07, 6.45) is 9.11. The predicted octanol–water partition coefficient (Wildman–Crippen LogP) is 1.82. The number of hydrogen-bond acceptors (Lipinski definition) is 2. The van der Waals surface area contributed by atoms with E-state index in [1.165, 1.54) is 44.2 Å². The molecule has 15 heavy (non-hydrogen) atoms. The minimum atomic E-state index is -0.0560. The van der Waals surface area contributed by atoms with Gasteiger partial charge in [0.25, 0.3) is 0 Å². The molecule has 0 saturated heterocycles. The van der Waals surface area contributed by atoms with Crippen molar-refractivity contribution in [3.63, 3.8) is 0 Å². The van der Waals surface area contributed by atoms with Crippen LogP contribution in [0.2, 0.25) is 0 Å². The molecule has 4 heteroatoms. The molecule has 0 aliphatic heterocycles. The van der Waals surface area contributed by atoms with Gasteiger partial charge >= 0.3 is 0 Å². The van der Waals surface area contributed by atoms with Gasteiger partial charge in [-0.15, -0.1) is 0 Å². The standard InChI is InChI=1S/C11H20N4/c12-11(13)15-14-10-7-3-6-9(10)8-4-1-2-5-8/h8-9H,1-7H2,(H4,12,13,15)/b14-10+. The predicted molar refractivity (Wildman–Crippen MR) is 61.8 cm³/mol. The van der Waals surface area contributed by atoms with Gasteiger partial charge in [-0.1, -0.05) is 12.8 Å². The Kier molecular flexibility index (Phi) is 3.23. The van der Waals surface area contributed by atoms with Crippen molar-refractivity contribution in [3.8, 4) is 0 Å². The fourth-order valence-electron chi connectivity index (χ4n) is 2.99. The first-order valence-corrected chi connectivity index (χ1v) is 5.94. The van der Waals surface area contributed by atoms with Crippen molar-refractivity contribution in [1.29, 1.82) is 5.41 Å². The van der Waals surface area contributed by atoms with E-state index in [1.807, 2.05) is 0 Å². The minimum absolute atomic E-state index is 0.0560. The van der Waals surface area contributed by atoms with E-state index in [4.69, 9.17) is 11.1 Å². The molecule has 0 spiro atoms. The van der Waals surface area contributed by atoms with Crippen LogP contribution in [0.5, 0.6) is 0 Å². The zero-order chi connectivity index (χ0) is 10.7. The van der Waals surface area contributed by atoms with Gasteiger partial charge in [-0.2, -0.15) is 5.10 Å². The Bertz CT molecular complexity index is 266. The van der Waals surface area contributed by atoms with Gasteiger partial charge in [0.2, 0.25) is 5.96 Å². The SMILES string of the molecule is N=C(N)N/N=C1\CCCC1C1CCCC1. The van der Waals surface area contributed by atoms with Gasteiger partial charge in [0.15, 0.2) is 0 Å². The lowest BCUT2D eigenvalue weighted by Crippen LogP contribution is -2.28. The average Bonchev–Trinajstić information content (AvgIpc) is 2.85. The molecule has 0 aromatic rings. The van der Waals surface area contributed by atoms with Crippen LogP contribution in [-0.2, 0) is 0 Å². The smallest absolute Gasteiger partial charge is 0.206 e. The maximum absolute atomic E-state index is 7.09. The topological polar surface area (TPSA) is 74.3 Å². The van der Waals surface area contributed by atoms with Gasteiger partial charge < -0.3 is 5.73 Å². The Hall–Kier alpha value is -1.06. The number of hydrazone groups is 1. The fraction of sp³-hybridized carbons (Fsp3) is 0.818. The highest BCUT2D eigenvalue weighted by atomic mass is 15.3. The van der Waals surface area contributed by atoms with E-state index in [9.17, 15) is 0 Å². The van der Waals surface area contributed by atoms with Gasteiger partial charge in [-0.25, -0.2) is 5.43 Å². The number of guanidine groups is 1. The summed E-state index contributed by atoms with van der Waals surface area (Å²) in [5.74, 6) is 1.46. The van der Waals surface area contributed by atoms with Crippen LogP contribution in [0.1, 0.15) is 44.9 Å². The van der Waals surface area contributed by atoms with E-state index >= 15 is 0 Å². The second-order valence-corrected chi connectivity index (χ2v) is 4.67. The van der Waals surface area contributed by atoms with Crippen molar-refractivity contribution in [1.82, 2.24) is 5.43 Å². The molecule has 2 aliphatic carbocycles. The van der Waals surface area contributed by atoms with Crippen LogP contribution < -0.4 is 11.2 Å². The van der Waals surface area contributed by atoms with Crippen molar-refractivity contribution in [2.75, 3.05) is 0 Å². The first kappa shape index (κ1) is 10.5. The first-order valence-electron chi connectivity index (χ1n) is 5.94. The molecule has 4 nitrogen and oxygen atoms in total. The van der Waals surface area contributed by atoms with E-state index in [-0.39, 0.29) is 5.96 Å². The highest BCUT2D eigenvalue weighted by Crippen LogP contribution is 2.38. The van der Waals surface area contributed by atoms with Crippen LogP contribution >= 0.6 is 0 Å². The van der Waals surface area contributed by atoms with Crippen LogP contribution in [0.15, 0.2) is 5.10 Å². The van der Waals surface area contributed by atoms with Gasteiger partial charge in [-0.05, 0) is 38.0 Å². The third-order valence-electron chi connectivity index (χ3n) is 3.66. The molecule has 84 valence electrons. The van der Waals surface area contributed by atoms with Gasteiger partial charge in [0, 0.05) is 11.6 Å². The van der Waals surface area contributed by atoms with Crippen molar-refractivity contribution in [3.05, 3.63) is 0 Å². The summed E-state index contributed by atoms with van der Waals surface area (Å²) in [7, 11) is 0. The van der Waals surface area contributed by atoms with E-state index in [0.717, 1.165) is 12.3 Å². The van der Waals surface area contributed by atoms with Crippen molar-refractivity contribution < 1.29 is 0 Å². The molecule has 2 rings (SSSR count). The summed E-state index contributed by atoms with van der Waals surface area (Å²) >= 11 is 0. The number of hydrogen-bond donors (Lipinski definition) is 3. The number of nitrogens with zero attached hydrogens (tertiary/aromatic N) is 1. The molecule has 4 N–H and O–H groups in total. The molecule has 0 heterocycles. The molecule has 0 amide bonds. The fourth-order valence-corrected chi connectivity index (χ4v) is 2.99. The number of nitrogens with two attached hydrogens (primary N) is 1. The first-order chi connectivity index (χ1) is 7.27. The highest BCUT2D eigenvalue weighted by Gasteiger charge is 2.32. The van der Waals surface area contributed by atoms with Crippen molar-refractivity contribution in [2.24, 2.45) is 22.7 Å². The third kappa shape index (κ3) is 2.49. The number of nitrogens with one attached hydrogen (secondary N) is 2. The molecule has 0 aromatic heterocycles. The van der Waals surface area contributed by atoms with E-state index in [1.54, 1.807) is 0 Å². The summed E-state index contributed by atoms with van der Waals surface area (Å²) < 4.78 is 0. The summed E-state index contributed by atoms with van der Waals surface area (Å²) in [5.41, 5.74) is 9.07. The Morgan fingerprint density at radius 2 is 2.00 bits per heavy atom. The third-order valence-corrected chi connectivity index (χ3v) is 3.66. The van der Waals surface area contributed by atoms with Crippen LogP contribution in [0.3, 0.4) is 0 Å². The van der Waals surface area contributed by atoms with Gasteiger partial charge in [0.1, 0.15) is 0 Å². The summed E-state index contributed by atoms with van der Waals surface area (Å²) in [4.78, 5) is 0. The van der Waals surface area contributed by atoms with Crippen LogP contribution in [0.4, 0.5) is 0 Å². The summed E-state index contributed by atoms with van der Waals surface area (Å²) in [6.45, 7) is 0. The second kappa shape index (κ2) is 4.64. The Morgan fingerprint density at radius 3 is 2.67 bits per heavy atom. The Labute approximate surface area is 90.8 Å². The van der Waals surface area contributed by atoms with Crippen molar-refractivity contribution >= 4 is 11.7 Å². The molecule has 2 saturated carbocycles. The zero-order valence-electron chi connectivity index (χ0n) is 9.13. The van der Waals surface area contributed by atoms with Crippen LogP contribution in [0, 0.1) is 17.2 Å². The number of rotatable bonds is 2. The lowest BCUT2D eigenvalue weighted by atomic mass is 9.88. The van der Waals surface area contributed by atoms with Gasteiger partial charge in [0.05, 0.1) is 0 Å². The molecule has 1 unspecified atom stereocenters. The molecular weight excluding hydrogens is 188 g/mol. The maximum Gasteiger partial charge on any atom is 0.206 e. The van der Waals surface area contributed by atoms with E-state index < -0.39 is 0 Å². The molecule has 2 aliphatic rings. The summed E-state index contributed by atoms with van der Waals surface area (Å²) in [6, 6.07) is 0. The maximum atomic E-state index is 7.09. The largest absolute Gasteiger partial charge is 0.369 e. The molecule has 0 radical (unpaired) electrons. The molecular formula is C11H20N4. The second-order valence-electron chi connectivity index (χ2n) is 4.67. The zero-order valence-corrected chi connectivity index (χ0v) is 9.13. The monoisotopic (exact) mass is 208 g/mol. The van der Waals surface area contributed by atoms with Crippen molar-refractivity contribution in [2.45, 2.75) is 44.9 Å². The van der Waals surface area contributed by atoms with E-state index in [2.05, 4.69) is 10.5 Å². The minimum Gasteiger partial charge on any atom is -0.369 e. The molecule has 0 aromatic carbocycles. The van der Waals surface area contributed by atoms with Crippen LogP contribution in [0.25, 0.3) is 0 Å². The molecule has 2 fully saturated rings. The van der Waals surface area contributed by atoms with Crippen LogP contribution in [-0.4, -0.2) is 11.7 Å². The quantitative estimate of drug-likeness (QED) is 0.368. The Balaban J connectivity index is 1.97. The Morgan fingerprint density at radius 1 is 1.27 bits per heavy atom. The van der Waals surface area contributed by atoms with E-state index in [0.29, 0.717) is 5.92 Å². The average molecular weight is 208 g/mol. The molecule has 0 bridgehead atoms. The lowest BCUT2D eigenvalue weighted by Gasteiger charge is -2.18. The summed E-state index contributed by atoms with van der Waals surface area (Å²) in [5, 5.41) is 11.4. The lowest BCUT2D eigenvalue weighted by molar-refractivity contribution is 0.423. The highest BCUT2D eigenvalue weighted by molar-refractivity contribution is 5.90.